The standard InChI is InChI=1S/C8H16ClNO2S/c1-7(2)13(11,12)10-5-3-8(9)4-6-10/h7-8H,3-6H2,1-2H3. The number of nitrogens with zero attached hydrogens (tertiary/aromatic N) is 1. The molecule has 0 aliphatic carbocycles. The lowest BCUT2D eigenvalue weighted by Gasteiger charge is -2.29. The van der Waals surface area contributed by atoms with Crippen LogP contribution < -0.4 is 0 Å². The van der Waals surface area contributed by atoms with Gasteiger partial charge < -0.3 is 0 Å². The van der Waals surface area contributed by atoms with Crippen LogP contribution in [0.25, 0.3) is 0 Å². The number of hydrogen-bond donors (Lipinski definition) is 0. The monoisotopic (exact) mass is 225 g/mol. The van der Waals surface area contributed by atoms with Crippen LogP contribution in [0.15, 0.2) is 0 Å². The maximum atomic E-state index is 11.7. The molecular weight excluding hydrogens is 210 g/mol. The summed E-state index contributed by atoms with van der Waals surface area (Å²) in [7, 11) is -3.05. The highest BCUT2D eigenvalue weighted by atomic mass is 35.5. The molecular formula is C8H16ClNO2S. The molecule has 3 nitrogen and oxygen atoms in total. The molecule has 13 heavy (non-hydrogen) atoms. The topological polar surface area (TPSA) is 37.4 Å². The minimum absolute atomic E-state index is 0.151. The summed E-state index contributed by atoms with van der Waals surface area (Å²) in [5.74, 6) is 0. The molecule has 5 heteroatoms. The van der Waals surface area contributed by atoms with E-state index >= 15 is 0 Å². The van der Waals surface area contributed by atoms with Crippen molar-refractivity contribution in [2.45, 2.75) is 37.3 Å². The molecule has 0 saturated carbocycles. The molecule has 0 N–H and O–H groups in total. The van der Waals surface area contributed by atoms with E-state index in [4.69, 9.17) is 11.6 Å². The summed E-state index contributed by atoms with van der Waals surface area (Å²) in [6.07, 6.45) is 1.54. The van der Waals surface area contributed by atoms with Crippen LogP contribution in [0.4, 0.5) is 0 Å². The van der Waals surface area contributed by atoms with Crippen molar-refractivity contribution >= 4 is 21.6 Å². The third kappa shape index (κ3) is 2.58. The predicted octanol–water partition coefficient (Wildman–Crippen LogP) is 1.43. The maximum Gasteiger partial charge on any atom is 0.216 e. The molecule has 0 spiro atoms. The summed E-state index contributed by atoms with van der Waals surface area (Å²) < 4.78 is 24.9. The second kappa shape index (κ2) is 4.15. The molecule has 0 radical (unpaired) electrons. The molecule has 0 unspecified atom stereocenters. The third-order valence-electron chi connectivity index (χ3n) is 2.34. The van der Waals surface area contributed by atoms with Crippen molar-refractivity contribution < 1.29 is 8.42 Å². The van der Waals surface area contributed by atoms with Crippen molar-refractivity contribution in [3.63, 3.8) is 0 Å². The quantitative estimate of drug-likeness (QED) is 0.667. The van der Waals surface area contributed by atoms with Gasteiger partial charge in [0, 0.05) is 18.5 Å². The van der Waals surface area contributed by atoms with E-state index < -0.39 is 10.0 Å². The highest BCUT2D eigenvalue weighted by Crippen LogP contribution is 2.20. The number of rotatable bonds is 2. The van der Waals surface area contributed by atoms with E-state index in [1.165, 1.54) is 0 Å². The van der Waals surface area contributed by atoms with Gasteiger partial charge in [0.05, 0.1) is 5.25 Å². The van der Waals surface area contributed by atoms with Crippen LogP contribution in [0.3, 0.4) is 0 Å². The zero-order chi connectivity index (χ0) is 10.1. The van der Waals surface area contributed by atoms with Crippen LogP contribution in [0.1, 0.15) is 26.7 Å². The number of halogens is 1. The molecule has 1 aliphatic rings. The Bertz CT molecular complexity index is 255. The lowest BCUT2D eigenvalue weighted by molar-refractivity contribution is 0.347. The Morgan fingerprint density at radius 2 is 1.77 bits per heavy atom. The predicted molar refractivity (Wildman–Crippen MR) is 54.5 cm³/mol. The minimum atomic E-state index is -3.05. The maximum absolute atomic E-state index is 11.7. The molecule has 1 saturated heterocycles. The Hall–Kier alpha value is 0.200. The van der Waals surface area contributed by atoms with Crippen molar-refractivity contribution in [2.75, 3.05) is 13.1 Å². The summed E-state index contributed by atoms with van der Waals surface area (Å²) in [6, 6.07) is 0. The van der Waals surface area contributed by atoms with Crippen molar-refractivity contribution in [1.82, 2.24) is 4.31 Å². The second-order valence-corrected chi connectivity index (χ2v) is 6.77. The number of piperidine rings is 1. The molecule has 0 aromatic carbocycles. The van der Waals surface area contributed by atoms with Crippen molar-refractivity contribution in [1.29, 1.82) is 0 Å². The molecule has 0 aromatic rings. The lowest BCUT2D eigenvalue weighted by atomic mass is 10.2. The fourth-order valence-electron chi connectivity index (χ4n) is 1.38. The Kier molecular flexibility index (Phi) is 3.60. The molecule has 1 rings (SSSR count). The molecule has 0 atom stereocenters. The van der Waals surface area contributed by atoms with Gasteiger partial charge in [-0.25, -0.2) is 12.7 Å². The van der Waals surface area contributed by atoms with E-state index in [-0.39, 0.29) is 10.6 Å². The number of sulfonamides is 1. The van der Waals surface area contributed by atoms with Gasteiger partial charge >= 0.3 is 0 Å². The largest absolute Gasteiger partial charge is 0.216 e. The Morgan fingerprint density at radius 3 is 2.15 bits per heavy atom. The van der Waals surface area contributed by atoms with E-state index in [1.54, 1.807) is 18.2 Å². The molecule has 1 heterocycles. The van der Waals surface area contributed by atoms with Gasteiger partial charge in [-0.05, 0) is 26.7 Å². The van der Waals surface area contributed by atoms with Crippen molar-refractivity contribution in [2.24, 2.45) is 0 Å². The van der Waals surface area contributed by atoms with Gasteiger partial charge in [0.15, 0.2) is 0 Å². The smallest absolute Gasteiger partial charge is 0.212 e. The van der Waals surface area contributed by atoms with Crippen LogP contribution in [0.5, 0.6) is 0 Å². The van der Waals surface area contributed by atoms with Gasteiger partial charge in [0.2, 0.25) is 10.0 Å². The van der Waals surface area contributed by atoms with Crippen LogP contribution in [-0.4, -0.2) is 36.4 Å². The van der Waals surface area contributed by atoms with Crippen LogP contribution in [0, 0.1) is 0 Å². The number of hydrogen-bond acceptors (Lipinski definition) is 2. The summed E-state index contributed by atoms with van der Waals surface area (Å²) in [5, 5.41) is -0.169. The van der Waals surface area contributed by atoms with Gasteiger partial charge in [-0.15, -0.1) is 11.6 Å². The Balaban J connectivity index is 2.64. The SMILES string of the molecule is CC(C)S(=O)(=O)N1CCC(Cl)CC1. The van der Waals surface area contributed by atoms with E-state index in [0.29, 0.717) is 13.1 Å². The molecule has 0 amide bonds. The van der Waals surface area contributed by atoms with E-state index in [1.807, 2.05) is 0 Å². The molecule has 78 valence electrons. The van der Waals surface area contributed by atoms with Crippen molar-refractivity contribution in [3.05, 3.63) is 0 Å². The lowest BCUT2D eigenvalue weighted by Crippen LogP contribution is -2.42. The van der Waals surface area contributed by atoms with Crippen LogP contribution >= 0.6 is 11.6 Å². The second-order valence-electron chi connectivity index (χ2n) is 3.67. The summed E-state index contributed by atoms with van der Waals surface area (Å²) in [6.45, 7) is 4.58. The fourth-order valence-corrected chi connectivity index (χ4v) is 2.89. The fraction of sp³-hybridized carbons (Fsp3) is 1.00. The normalized spacial score (nSPS) is 22.5. The highest BCUT2D eigenvalue weighted by Gasteiger charge is 2.29. The first-order chi connectivity index (χ1) is 5.94. The molecule has 1 aliphatic heterocycles. The first-order valence-electron chi connectivity index (χ1n) is 4.57. The van der Waals surface area contributed by atoms with E-state index in [0.717, 1.165) is 12.8 Å². The zero-order valence-corrected chi connectivity index (χ0v) is 9.61. The van der Waals surface area contributed by atoms with Crippen LogP contribution in [0.2, 0.25) is 0 Å². The van der Waals surface area contributed by atoms with Gasteiger partial charge in [-0.1, -0.05) is 0 Å². The van der Waals surface area contributed by atoms with Gasteiger partial charge in [-0.2, -0.15) is 0 Å². The zero-order valence-electron chi connectivity index (χ0n) is 8.03. The molecule has 0 aromatic heterocycles. The average Bonchev–Trinajstić information content (AvgIpc) is 2.04. The van der Waals surface area contributed by atoms with E-state index in [2.05, 4.69) is 0 Å². The first-order valence-corrected chi connectivity index (χ1v) is 6.51. The molecule has 1 fully saturated rings. The molecule has 0 bridgehead atoms. The summed E-state index contributed by atoms with van der Waals surface area (Å²) in [4.78, 5) is 0. The highest BCUT2D eigenvalue weighted by molar-refractivity contribution is 7.89. The minimum Gasteiger partial charge on any atom is -0.212 e. The van der Waals surface area contributed by atoms with Crippen molar-refractivity contribution in [3.8, 4) is 0 Å². The summed E-state index contributed by atoms with van der Waals surface area (Å²) >= 11 is 5.89. The Labute approximate surface area is 85.1 Å². The average molecular weight is 226 g/mol. The third-order valence-corrected chi connectivity index (χ3v) is 5.05. The first kappa shape index (κ1) is 11.3. The Morgan fingerprint density at radius 1 is 1.31 bits per heavy atom. The van der Waals surface area contributed by atoms with Gasteiger partial charge in [0.1, 0.15) is 0 Å². The van der Waals surface area contributed by atoms with Gasteiger partial charge in [-0.3, -0.25) is 0 Å². The number of alkyl halides is 1. The van der Waals surface area contributed by atoms with E-state index in [9.17, 15) is 8.42 Å². The van der Waals surface area contributed by atoms with Crippen LogP contribution in [-0.2, 0) is 10.0 Å². The summed E-state index contributed by atoms with van der Waals surface area (Å²) in [5.41, 5.74) is 0. The van der Waals surface area contributed by atoms with Gasteiger partial charge in [0.25, 0.3) is 0 Å².